The molecule has 0 aromatic carbocycles. The van der Waals surface area contributed by atoms with Crippen LogP contribution in [-0.2, 0) is 4.74 Å². The summed E-state index contributed by atoms with van der Waals surface area (Å²) in [6, 6.07) is 0. The van der Waals surface area contributed by atoms with Crippen molar-refractivity contribution >= 4 is 0 Å². The van der Waals surface area contributed by atoms with Gasteiger partial charge in [0.1, 0.15) is 0 Å². The van der Waals surface area contributed by atoms with E-state index in [9.17, 15) is 0 Å². The Balaban J connectivity index is 3.96. The van der Waals surface area contributed by atoms with Crippen molar-refractivity contribution in [3.8, 4) is 0 Å². The molecule has 0 saturated carbocycles. The summed E-state index contributed by atoms with van der Waals surface area (Å²) < 4.78 is 5.48. The van der Waals surface area contributed by atoms with Crippen LogP contribution in [0.4, 0.5) is 0 Å². The quantitative estimate of drug-likeness (QED) is 0.730. The predicted molar refractivity (Wildman–Crippen MR) is 76.5 cm³/mol. The van der Waals surface area contributed by atoms with Crippen LogP contribution in [0, 0.1) is 5.41 Å². The van der Waals surface area contributed by atoms with Crippen molar-refractivity contribution in [1.29, 1.82) is 0 Å². The van der Waals surface area contributed by atoms with E-state index in [1.165, 1.54) is 12.8 Å². The maximum Gasteiger partial charge on any atom is 0.0623 e. The second-order valence-electron chi connectivity index (χ2n) is 7.55. The molecule has 0 radical (unpaired) electrons. The van der Waals surface area contributed by atoms with Gasteiger partial charge in [-0.3, -0.25) is 0 Å². The average molecular weight is 243 g/mol. The third-order valence-electron chi connectivity index (χ3n) is 3.41. The first kappa shape index (κ1) is 16.9. The fourth-order valence-corrected chi connectivity index (χ4v) is 1.64. The van der Waals surface area contributed by atoms with Crippen molar-refractivity contribution in [1.82, 2.24) is 5.32 Å². The minimum Gasteiger partial charge on any atom is -0.379 e. The van der Waals surface area contributed by atoms with Gasteiger partial charge in [0.25, 0.3) is 0 Å². The highest BCUT2D eigenvalue weighted by Crippen LogP contribution is 2.30. The maximum absolute atomic E-state index is 5.48. The summed E-state index contributed by atoms with van der Waals surface area (Å²) in [4.78, 5) is 0. The van der Waals surface area contributed by atoms with E-state index < -0.39 is 0 Å². The van der Waals surface area contributed by atoms with Crippen LogP contribution in [0.25, 0.3) is 0 Å². The third-order valence-corrected chi connectivity index (χ3v) is 3.41. The Labute approximate surface area is 109 Å². The Morgan fingerprint density at radius 1 is 0.824 bits per heavy atom. The van der Waals surface area contributed by atoms with Crippen molar-refractivity contribution in [3.05, 3.63) is 0 Å². The molecule has 0 fully saturated rings. The molecule has 0 bridgehead atoms. The second-order valence-corrected chi connectivity index (χ2v) is 7.55. The lowest BCUT2D eigenvalue weighted by atomic mass is 9.81. The van der Waals surface area contributed by atoms with E-state index in [-0.39, 0.29) is 11.1 Å². The topological polar surface area (TPSA) is 21.3 Å². The highest BCUT2D eigenvalue weighted by Gasteiger charge is 2.24. The van der Waals surface area contributed by atoms with Crippen LogP contribution < -0.4 is 5.32 Å². The SMILES string of the molecule is COC(C)(C)CCC(C)(C)CCNC(C)(C)C. The van der Waals surface area contributed by atoms with Crippen molar-refractivity contribution in [3.63, 3.8) is 0 Å². The Morgan fingerprint density at radius 2 is 1.35 bits per heavy atom. The molecule has 0 aliphatic rings. The number of rotatable bonds is 7. The van der Waals surface area contributed by atoms with E-state index >= 15 is 0 Å². The summed E-state index contributed by atoms with van der Waals surface area (Å²) in [6.45, 7) is 16.8. The molecular formula is C15H33NO. The molecule has 0 aromatic rings. The van der Waals surface area contributed by atoms with E-state index in [1.807, 2.05) is 0 Å². The standard InChI is InChI=1S/C15H33NO/c1-13(2,3)16-12-11-14(4,5)9-10-15(6,7)17-8/h16H,9-12H2,1-8H3. The van der Waals surface area contributed by atoms with Crippen LogP contribution >= 0.6 is 0 Å². The van der Waals surface area contributed by atoms with Crippen molar-refractivity contribution in [2.75, 3.05) is 13.7 Å². The van der Waals surface area contributed by atoms with Gasteiger partial charge in [0.05, 0.1) is 5.60 Å². The molecule has 0 aliphatic carbocycles. The minimum atomic E-state index is 0.00866. The van der Waals surface area contributed by atoms with Crippen LogP contribution in [0.15, 0.2) is 0 Å². The van der Waals surface area contributed by atoms with E-state index in [2.05, 4.69) is 53.8 Å². The minimum absolute atomic E-state index is 0.00866. The highest BCUT2D eigenvalue weighted by molar-refractivity contribution is 4.78. The van der Waals surface area contributed by atoms with Crippen LogP contribution in [0.2, 0.25) is 0 Å². The third kappa shape index (κ3) is 9.61. The molecule has 0 aliphatic heterocycles. The van der Waals surface area contributed by atoms with Gasteiger partial charge in [-0.05, 0) is 65.8 Å². The number of hydrogen-bond donors (Lipinski definition) is 1. The van der Waals surface area contributed by atoms with Gasteiger partial charge in [-0.15, -0.1) is 0 Å². The second kappa shape index (κ2) is 6.19. The highest BCUT2D eigenvalue weighted by atomic mass is 16.5. The fourth-order valence-electron chi connectivity index (χ4n) is 1.64. The van der Waals surface area contributed by atoms with E-state index in [0.717, 1.165) is 13.0 Å². The zero-order valence-corrected chi connectivity index (χ0v) is 13.2. The maximum atomic E-state index is 5.48. The zero-order valence-electron chi connectivity index (χ0n) is 13.2. The fraction of sp³-hybridized carbons (Fsp3) is 1.00. The van der Waals surface area contributed by atoms with Crippen LogP contribution in [-0.4, -0.2) is 24.8 Å². The summed E-state index contributed by atoms with van der Waals surface area (Å²) in [7, 11) is 1.80. The molecule has 0 rings (SSSR count). The summed E-state index contributed by atoms with van der Waals surface area (Å²) in [5.41, 5.74) is 0.616. The Kier molecular flexibility index (Phi) is 6.16. The lowest BCUT2D eigenvalue weighted by Gasteiger charge is -2.31. The summed E-state index contributed by atoms with van der Waals surface area (Å²) in [5, 5.41) is 3.56. The lowest BCUT2D eigenvalue weighted by molar-refractivity contribution is 0.00522. The Morgan fingerprint density at radius 3 is 1.76 bits per heavy atom. The van der Waals surface area contributed by atoms with Gasteiger partial charge in [0.15, 0.2) is 0 Å². The summed E-state index contributed by atoms with van der Waals surface area (Å²) in [6.07, 6.45) is 3.54. The molecule has 0 spiro atoms. The first-order valence-electron chi connectivity index (χ1n) is 6.78. The summed E-state index contributed by atoms with van der Waals surface area (Å²) in [5.74, 6) is 0. The monoisotopic (exact) mass is 243 g/mol. The first-order chi connectivity index (χ1) is 7.47. The molecule has 0 atom stereocenters. The molecule has 2 heteroatoms. The van der Waals surface area contributed by atoms with Crippen LogP contribution in [0.3, 0.4) is 0 Å². The molecule has 0 amide bonds. The smallest absolute Gasteiger partial charge is 0.0623 e. The number of hydrogen-bond acceptors (Lipinski definition) is 2. The zero-order chi connectivity index (χ0) is 13.7. The van der Waals surface area contributed by atoms with Gasteiger partial charge in [0.2, 0.25) is 0 Å². The number of nitrogens with one attached hydrogen (secondary N) is 1. The predicted octanol–water partition coefficient (Wildman–Crippen LogP) is 4.00. The van der Waals surface area contributed by atoms with Gasteiger partial charge < -0.3 is 10.1 Å². The van der Waals surface area contributed by atoms with E-state index in [0.29, 0.717) is 5.41 Å². The van der Waals surface area contributed by atoms with Crippen LogP contribution in [0.5, 0.6) is 0 Å². The van der Waals surface area contributed by atoms with Gasteiger partial charge in [-0.1, -0.05) is 13.8 Å². The largest absolute Gasteiger partial charge is 0.379 e. The van der Waals surface area contributed by atoms with Gasteiger partial charge in [-0.2, -0.15) is 0 Å². The van der Waals surface area contributed by atoms with Gasteiger partial charge >= 0.3 is 0 Å². The molecule has 0 heterocycles. The average Bonchev–Trinajstić information content (AvgIpc) is 2.13. The first-order valence-corrected chi connectivity index (χ1v) is 6.78. The van der Waals surface area contributed by atoms with E-state index in [4.69, 9.17) is 4.74 Å². The molecule has 104 valence electrons. The normalized spacial score (nSPS) is 14.1. The Hall–Kier alpha value is -0.0800. The van der Waals surface area contributed by atoms with Gasteiger partial charge in [-0.25, -0.2) is 0 Å². The summed E-state index contributed by atoms with van der Waals surface area (Å²) >= 11 is 0. The molecule has 0 aromatic heterocycles. The molecule has 1 N–H and O–H groups in total. The van der Waals surface area contributed by atoms with Crippen LogP contribution in [0.1, 0.15) is 67.7 Å². The molecular weight excluding hydrogens is 210 g/mol. The molecule has 0 saturated heterocycles. The number of ether oxygens (including phenoxy) is 1. The van der Waals surface area contributed by atoms with Crippen molar-refractivity contribution < 1.29 is 4.74 Å². The molecule has 17 heavy (non-hydrogen) atoms. The van der Waals surface area contributed by atoms with Gasteiger partial charge in [0, 0.05) is 12.6 Å². The molecule has 0 unspecified atom stereocenters. The Bertz CT molecular complexity index is 213. The molecule has 2 nitrogen and oxygen atoms in total. The van der Waals surface area contributed by atoms with E-state index in [1.54, 1.807) is 7.11 Å². The lowest BCUT2D eigenvalue weighted by Crippen LogP contribution is -2.38. The van der Waals surface area contributed by atoms with Crippen molar-refractivity contribution in [2.24, 2.45) is 5.41 Å². The number of methoxy groups -OCH3 is 1. The van der Waals surface area contributed by atoms with Crippen molar-refractivity contribution in [2.45, 2.75) is 78.9 Å².